The summed E-state index contributed by atoms with van der Waals surface area (Å²) < 4.78 is 0. The molecule has 1 unspecified atom stereocenters. The average Bonchev–Trinajstić information content (AvgIpc) is 2.30. The van der Waals surface area contributed by atoms with Crippen LogP contribution in [0, 0.1) is 6.92 Å². The van der Waals surface area contributed by atoms with Crippen molar-refractivity contribution < 1.29 is 0 Å². The van der Waals surface area contributed by atoms with Gasteiger partial charge in [-0.1, -0.05) is 39.0 Å². The van der Waals surface area contributed by atoms with Crippen molar-refractivity contribution >= 4 is 0 Å². The van der Waals surface area contributed by atoms with E-state index in [1.807, 2.05) is 0 Å². The van der Waals surface area contributed by atoms with E-state index in [1.54, 1.807) is 0 Å². The molecule has 0 saturated heterocycles. The molecule has 19 heavy (non-hydrogen) atoms. The Kier molecular flexibility index (Phi) is 5.57. The molecule has 1 aromatic carbocycles. The number of hydrogen-bond acceptors (Lipinski definition) is 2. The van der Waals surface area contributed by atoms with Crippen molar-refractivity contribution in [3.63, 3.8) is 0 Å². The molecule has 0 bridgehead atoms. The number of nitrogens with two attached hydrogens (primary N) is 1. The smallest absolute Gasteiger partial charge is 0.0236 e. The summed E-state index contributed by atoms with van der Waals surface area (Å²) in [5, 5.41) is 0. The second-order valence-corrected chi connectivity index (χ2v) is 6.73. The molecular formula is C17H30N2. The van der Waals surface area contributed by atoms with Gasteiger partial charge in [-0.2, -0.15) is 0 Å². The maximum Gasteiger partial charge on any atom is 0.0236 e. The predicted molar refractivity (Wildman–Crippen MR) is 84.5 cm³/mol. The molecular weight excluding hydrogens is 232 g/mol. The fourth-order valence-electron chi connectivity index (χ4n) is 2.23. The molecule has 0 heterocycles. The van der Waals surface area contributed by atoms with Crippen LogP contribution in [0.2, 0.25) is 0 Å². The molecule has 1 aromatic rings. The molecule has 2 N–H and O–H groups in total. The van der Waals surface area contributed by atoms with Gasteiger partial charge in [-0.05, 0) is 56.0 Å². The molecule has 0 amide bonds. The fourth-order valence-corrected chi connectivity index (χ4v) is 2.23. The number of aryl methyl sites for hydroxylation is 1. The molecule has 1 rings (SSSR count). The lowest BCUT2D eigenvalue weighted by molar-refractivity contribution is 0.240. The Morgan fingerprint density at radius 3 is 2.37 bits per heavy atom. The number of nitrogens with zero attached hydrogens (tertiary/aromatic N) is 1. The largest absolute Gasteiger partial charge is 0.330 e. The zero-order valence-corrected chi connectivity index (χ0v) is 13.5. The van der Waals surface area contributed by atoms with E-state index < -0.39 is 0 Å². The zero-order valence-electron chi connectivity index (χ0n) is 13.5. The quantitative estimate of drug-likeness (QED) is 0.880. The van der Waals surface area contributed by atoms with Crippen molar-refractivity contribution in [2.45, 2.75) is 59.0 Å². The lowest BCUT2D eigenvalue weighted by Gasteiger charge is -2.26. The van der Waals surface area contributed by atoms with Gasteiger partial charge in [-0.3, -0.25) is 4.90 Å². The van der Waals surface area contributed by atoms with E-state index in [4.69, 9.17) is 5.73 Å². The molecule has 108 valence electrons. The van der Waals surface area contributed by atoms with Gasteiger partial charge < -0.3 is 5.73 Å². The second kappa shape index (κ2) is 6.53. The van der Waals surface area contributed by atoms with Crippen LogP contribution in [0.3, 0.4) is 0 Å². The van der Waals surface area contributed by atoms with E-state index in [0.29, 0.717) is 6.04 Å². The van der Waals surface area contributed by atoms with E-state index in [0.717, 1.165) is 19.5 Å². The Labute approximate surface area is 119 Å². The minimum absolute atomic E-state index is 0.224. The molecule has 2 nitrogen and oxygen atoms in total. The zero-order chi connectivity index (χ0) is 14.6. The van der Waals surface area contributed by atoms with Crippen molar-refractivity contribution in [3.05, 3.63) is 34.9 Å². The van der Waals surface area contributed by atoms with E-state index >= 15 is 0 Å². The van der Waals surface area contributed by atoms with Gasteiger partial charge in [0, 0.05) is 12.6 Å². The van der Waals surface area contributed by atoms with Gasteiger partial charge in [-0.15, -0.1) is 0 Å². The Morgan fingerprint density at radius 2 is 1.89 bits per heavy atom. The van der Waals surface area contributed by atoms with E-state index in [9.17, 15) is 0 Å². The second-order valence-electron chi connectivity index (χ2n) is 6.73. The summed E-state index contributed by atoms with van der Waals surface area (Å²) in [5.41, 5.74) is 10.1. The van der Waals surface area contributed by atoms with Crippen LogP contribution in [0.4, 0.5) is 0 Å². The van der Waals surface area contributed by atoms with Crippen molar-refractivity contribution in [1.82, 2.24) is 4.90 Å². The molecule has 0 aliphatic carbocycles. The van der Waals surface area contributed by atoms with Crippen molar-refractivity contribution in [3.8, 4) is 0 Å². The van der Waals surface area contributed by atoms with Gasteiger partial charge in [0.15, 0.2) is 0 Å². The fraction of sp³-hybridized carbons (Fsp3) is 0.647. The van der Waals surface area contributed by atoms with Crippen LogP contribution < -0.4 is 5.73 Å². The van der Waals surface area contributed by atoms with Gasteiger partial charge in [-0.25, -0.2) is 0 Å². The molecule has 0 spiro atoms. The Morgan fingerprint density at radius 1 is 1.26 bits per heavy atom. The highest BCUT2D eigenvalue weighted by molar-refractivity contribution is 5.34. The first-order valence-electron chi connectivity index (χ1n) is 7.26. The summed E-state index contributed by atoms with van der Waals surface area (Å²) in [6, 6.07) is 7.41. The van der Waals surface area contributed by atoms with Gasteiger partial charge in [0.05, 0.1) is 0 Å². The summed E-state index contributed by atoms with van der Waals surface area (Å²) in [5.74, 6) is 0. The third kappa shape index (κ3) is 4.63. The van der Waals surface area contributed by atoms with E-state index in [-0.39, 0.29) is 5.41 Å². The number of hydrogen-bond donors (Lipinski definition) is 1. The first-order valence-corrected chi connectivity index (χ1v) is 7.26. The minimum Gasteiger partial charge on any atom is -0.330 e. The first kappa shape index (κ1) is 16.2. The number of benzene rings is 1. The van der Waals surface area contributed by atoms with Crippen LogP contribution in [0.15, 0.2) is 18.2 Å². The normalized spacial score (nSPS) is 13.9. The molecule has 0 aromatic heterocycles. The van der Waals surface area contributed by atoms with E-state index in [1.165, 1.54) is 16.7 Å². The molecule has 0 saturated carbocycles. The summed E-state index contributed by atoms with van der Waals surface area (Å²) >= 11 is 0. The highest BCUT2D eigenvalue weighted by Gasteiger charge is 2.15. The van der Waals surface area contributed by atoms with Crippen LogP contribution >= 0.6 is 0 Å². The van der Waals surface area contributed by atoms with Crippen molar-refractivity contribution in [1.29, 1.82) is 0 Å². The van der Waals surface area contributed by atoms with Gasteiger partial charge in [0.2, 0.25) is 0 Å². The third-order valence-corrected chi connectivity index (χ3v) is 3.97. The van der Waals surface area contributed by atoms with Gasteiger partial charge >= 0.3 is 0 Å². The molecule has 1 atom stereocenters. The third-order valence-electron chi connectivity index (χ3n) is 3.97. The predicted octanol–water partition coefficient (Wildman–Crippen LogP) is 3.46. The SMILES string of the molecule is Cc1cc(C(C)(C)C)ccc1CN(C)C(C)CCN. The monoisotopic (exact) mass is 262 g/mol. The van der Waals surface area contributed by atoms with Crippen molar-refractivity contribution in [2.24, 2.45) is 5.73 Å². The molecule has 0 radical (unpaired) electrons. The molecule has 0 aliphatic rings. The summed E-state index contributed by atoms with van der Waals surface area (Å²) in [6.45, 7) is 13.0. The van der Waals surface area contributed by atoms with E-state index in [2.05, 4.69) is 64.8 Å². The summed E-state index contributed by atoms with van der Waals surface area (Å²) in [7, 11) is 2.18. The average molecular weight is 262 g/mol. The standard InChI is InChI=1S/C17H30N2/c1-13-11-16(17(3,4)5)8-7-15(13)12-19(6)14(2)9-10-18/h7-8,11,14H,9-10,12,18H2,1-6H3. The molecule has 0 fully saturated rings. The summed E-state index contributed by atoms with van der Waals surface area (Å²) in [6.07, 6.45) is 1.05. The van der Waals surface area contributed by atoms with Crippen LogP contribution in [-0.2, 0) is 12.0 Å². The van der Waals surface area contributed by atoms with Gasteiger partial charge in [0.25, 0.3) is 0 Å². The topological polar surface area (TPSA) is 29.3 Å². The molecule has 2 heteroatoms. The van der Waals surface area contributed by atoms with Crippen LogP contribution in [-0.4, -0.2) is 24.5 Å². The highest BCUT2D eigenvalue weighted by atomic mass is 15.1. The Balaban J connectivity index is 2.81. The molecule has 0 aliphatic heterocycles. The Hall–Kier alpha value is -0.860. The highest BCUT2D eigenvalue weighted by Crippen LogP contribution is 2.25. The maximum atomic E-state index is 5.63. The van der Waals surface area contributed by atoms with Crippen LogP contribution in [0.1, 0.15) is 50.8 Å². The minimum atomic E-state index is 0.224. The Bertz CT molecular complexity index is 404. The van der Waals surface area contributed by atoms with Gasteiger partial charge in [0.1, 0.15) is 0 Å². The first-order chi connectivity index (χ1) is 8.75. The van der Waals surface area contributed by atoms with Crippen LogP contribution in [0.25, 0.3) is 0 Å². The number of rotatable bonds is 5. The van der Waals surface area contributed by atoms with Crippen molar-refractivity contribution in [2.75, 3.05) is 13.6 Å². The summed E-state index contributed by atoms with van der Waals surface area (Å²) in [4.78, 5) is 2.38. The maximum absolute atomic E-state index is 5.63. The lowest BCUT2D eigenvalue weighted by atomic mass is 9.85. The van der Waals surface area contributed by atoms with Crippen LogP contribution in [0.5, 0.6) is 0 Å². The lowest BCUT2D eigenvalue weighted by Crippen LogP contribution is -2.30.